The Balaban J connectivity index is 2.47. The van der Waals surface area contributed by atoms with Crippen LogP contribution in [0.1, 0.15) is 20.3 Å². The molecule has 0 saturated carbocycles. The van der Waals surface area contributed by atoms with Crippen LogP contribution >= 0.6 is 0 Å². The molecule has 0 spiro atoms. The number of hydrogen-bond acceptors (Lipinski definition) is 3. The number of carboxylic acid groups (broad SMARTS) is 1. The highest BCUT2D eigenvalue weighted by Gasteiger charge is 2.24. The highest BCUT2D eigenvalue weighted by atomic mass is 16.4. The topological polar surface area (TPSA) is 81.7 Å². The molecule has 2 amide bonds. The van der Waals surface area contributed by atoms with E-state index < -0.39 is 12.0 Å². The van der Waals surface area contributed by atoms with E-state index in [2.05, 4.69) is 10.6 Å². The lowest BCUT2D eigenvalue weighted by Gasteiger charge is -2.29. The molecule has 0 unspecified atom stereocenters. The standard InChI is InChI=1S/C11H21N3O3/c1-8(2)7-9(10(15)16)13-11(17)14-5-3-12-4-6-14/h8-9,12H,3-7H2,1-2H3,(H,13,17)(H,15,16)/t9-/m1/s1. The van der Waals surface area contributed by atoms with Crippen LogP contribution in [0.25, 0.3) is 0 Å². The van der Waals surface area contributed by atoms with E-state index in [9.17, 15) is 9.59 Å². The Morgan fingerprint density at radius 3 is 2.41 bits per heavy atom. The first-order chi connectivity index (χ1) is 8.00. The van der Waals surface area contributed by atoms with Crippen LogP contribution in [0.2, 0.25) is 0 Å². The zero-order valence-corrected chi connectivity index (χ0v) is 10.4. The number of piperazine rings is 1. The first-order valence-corrected chi connectivity index (χ1v) is 5.99. The van der Waals surface area contributed by atoms with Crippen molar-refractivity contribution in [1.29, 1.82) is 0 Å². The van der Waals surface area contributed by atoms with Crippen molar-refractivity contribution in [2.24, 2.45) is 5.92 Å². The van der Waals surface area contributed by atoms with E-state index in [-0.39, 0.29) is 11.9 Å². The fraction of sp³-hybridized carbons (Fsp3) is 0.818. The Kier molecular flexibility index (Phi) is 5.21. The Hall–Kier alpha value is -1.30. The summed E-state index contributed by atoms with van der Waals surface area (Å²) in [5.74, 6) is -0.735. The highest BCUT2D eigenvalue weighted by molar-refractivity contribution is 5.82. The van der Waals surface area contributed by atoms with Crippen LogP contribution in [0.15, 0.2) is 0 Å². The molecule has 17 heavy (non-hydrogen) atoms. The summed E-state index contributed by atoms with van der Waals surface area (Å²) >= 11 is 0. The zero-order chi connectivity index (χ0) is 12.8. The van der Waals surface area contributed by atoms with Crippen molar-refractivity contribution in [3.8, 4) is 0 Å². The molecule has 6 nitrogen and oxygen atoms in total. The molecule has 1 fully saturated rings. The molecule has 0 aliphatic carbocycles. The van der Waals surface area contributed by atoms with Crippen LogP contribution in [-0.4, -0.2) is 54.2 Å². The quantitative estimate of drug-likeness (QED) is 0.654. The maximum Gasteiger partial charge on any atom is 0.326 e. The van der Waals surface area contributed by atoms with E-state index in [1.165, 1.54) is 0 Å². The van der Waals surface area contributed by atoms with Gasteiger partial charge in [0.05, 0.1) is 0 Å². The second-order valence-electron chi connectivity index (χ2n) is 4.71. The van der Waals surface area contributed by atoms with Gasteiger partial charge in [0, 0.05) is 26.2 Å². The van der Waals surface area contributed by atoms with Gasteiger partial charge in [-0.2, -0.15) is 0 Å². The van der Waals surface area contributed by atoms with Gasteiger partial charge >= 0.3 is 12.0 Å². The summed E-state index contributed by atoms with van der Waals surface area (Å²) in [5.41, 5.74) is 0. The molecular formula is C11H21N3O3. The Bertz CT molecular complexity index is 275. The number of urea groups is 1. The van der Waals surface area contributed by atoms with Crippen molar-refractivity contribution < 1.29 is 14.7 Å². The number of hydrogen-bond donors (Lipinski definition) is 3. The maximum atomic E-state index is 11.8. The number of nitrogens with zero attached hydrogens (tertiary/aromatic N) is 1. The molecule has 98 valence electrons. The molecule has 1 heterocycles. The molecule has 0 aromatic heterocycles. The van der Waals surface area contributed by atoms with Crippen LogP contribution in [0.5, 0.6) is 0 Å². The van der Waals surface area contributed by atoms with Gasteiger partial charge in [0.2, 0.25) is 0 Å². The van der Waals surface area contributed by atoms with E-state index in [4.69, 9.17) is 5.11 Å². The third kappa shape index (κ3) is 4.60. The summed E-state index contributed by atoms with van der Waals surface area (Å²) in [5, 5.41) is 14.7. The molecule has 3 N–H and O–H groups in total. The molecule has 0 aromatic rings. The first kappa shape index (κ1) is 13.8. The third-order valence-electron chi connectivity index (χ3n) is 2.71. The second-order valence-corrected chi connectivity index (χ2v) is 4.71. The predicted octanol–water partition coefficient (Wildman–Crippen LogP) is 0.101. The third-order valence-corrected chi connectivity index (χ3v) is 2.71. The Morgan fingerprint density at radius 1 is 1.35 bits per heavy atom. The van der Waals surface area contributed by atoms with Gasteiger partial charge in [-0.1, -0.05) is 13.8 Å². The number of carbonyl (C=O) groups is 2. The van der Waals surface area contributed by atoms with Gasteiger partial charge in [0.15, 0.2) is 0 Å². The summed E-state index contributed by atoms with van der Waals surface area (Å²) in [4.78, 5) is 24.5. The lowest BCUT2D eigenvalue weighted by Crippen LogP contribution is -2.53. The van der Waals surface area contributed by atoms with Crippen LogP contribution in [0, 0.1) is 5.92 Å². The summed E-state index contributed by atoms with van der Waals surface area (Å²) in [6.45, 7) is 6.64. The number of nitrogens with one attached hydrogen (secondary N) is 2. The average molecular weight is 243 g/mol. The predicted molar refractivity (Wildman–Crippen MR) is 63.9 cm³/mol. The van der Waals surface area contributed by atoms with Crippen LogP contribution in [-0.2, 0) is 4.79 Å². The number of carboxylic acids is 1. The molecule has 0 bridgehead atoms. The summed E-state index contributed by atoms with van der Waals surface area (Å²) < 4.78 is 0. The molecular weight excluding hydrogens is 222 g/mol. The van der Waals surface area contributed by atoms with Crippen LogP contribution in [0.3, 0.4) is 0 Å². The van der Waals surface area contributed by atoms with E-state index in [0.717, 1.165) is 13.1 Å². The smallest absolute Gasteiger partial charge is 0.326 e. The molecule has 1 atom stereocenters. The second kappa shape index (κ2) is 6.44. The van der Waals surface area contributed by atoms with Gasteiger partial charge < -0.3 is 20.6 Å². The van der Waals surface area contributed by atoms with E-state index in [1.54, 1.807) is 4.90 Å². The van der Waals surface area contributed by atoms with Crippen molar-refractivity contribution in [2.75, 3.05) is 26.2 Å². The van der Waals surface area contributed by atoms with Gasteiger partial charge in [-0.3, -0.25) is 0 Å². The normalized spacial score (nSPS) is 17.9. The maximum absolute atomic E-state index is 11.8. The average Bonchev–Trinajstić information content (AvgIpc) is 2.28. The molecule has 1 aliphatic heterocycles. The monoisotopic (exact) mass is 243 g/mol. The summed E-state index contributed by atoms with van der Waals surface area (Å²) in [6.07, 6.45) is 0.452. The fourth-order valence-electron chi connectivity index (χ4n) is 1.80. The highest BCUT2D eigenvalue weighted by Crippen LogP contribution is 2.06. The van der Waals surface area contributed by atoms with E-state index in [0.29, 0.717) is 19.5 Å². The van der Waals surface area contributed by atoms with Gasteiger partial charge in [-0.25, -0.2) is 9.59 Å². The van der Waals surface area contributed by atoms with Crippen molar-refractivity contribution in [1.82, 2.24) is 15.5 Å². The van der Waals surface area contributed by atoms with Crippen LogP contribution in [0.4, 0.5) is 4.79 Å². The van der Waals surface area contributed by atoms with Gasteiger partial charge in [0.1, 0.15) is 6.04 Å². The molecule has 1 rings (SSSR count). The van der Waals surface area contributed by atoms with Crippen LogP contribution < -0.4 is 10.6 Å². The Labute approximate surface area is 101 Å². The minimum atomic E-state index is -0.970. The number of aliphatic carboxylic acids is 1. The molecule has 1 aliphatic rings. The van der Waals surface area contributed by atoms with Crippen molar-refractivity contribution in [2.45, 2.75) is 26.3 Å². The number of amides is 2. The van der Waals surface area contributed by atoms with Crippen molar-refractivity contribution >= 4 is 12.0 Å². The fourth-order valence-corrected chi connectivity index (χ4v) is 1.80. The number of rotatable bonds is 4. The van der Waals surface area contributed by atoms with Gasteiger partial charge in [-0.15, -0.1) is 0 Å². The molecule has 6 heteroatoms. The zero-order valence-electron chi connectivity index (χ0n) is 10.4. The molecule has 0 radical (unpaired) electrons. The van der Waals surface area contributed by atoms with Gasteiger partial charge in [-0.05, 0) is 12.3 Å². The SMILES string of the molecule is CC(C)C[C@@H](NC(=O)N1CCNCC1)C(=O)O. The summed E-state index contributed by atoms with van der Waals surface area (Å²) in [6, 6.07) is -1.07. The Morgan fingerprint density at radius 2 is 1.94 bits per heavy atom. The van der Waals surface area contributed by atoms with Gasteiger partial charge in [0.25, 0.3) is 0 Å². The lowest BCUT2D eigenvalue weighted by molar-refractivity contribution is -0.139. The number of carbonyl (C=O) groups excluding carboxylic acids is 1. The minimum absolute atomic E-state index is 0.236. The largest absolute Gasteiger partial charge is 0.480 e. The van der Waals surface area contributed by atoms with E-state index >= 15 is 0 Å². The van der Waals surface area contributed by atoms with E-state index in [1.807, 2.05) is 13.8 Å². The minimum Gasteiger partial charge on any atom is -0.480 e. The molecule has 1 saturated heterocycles. The van der Waals surface area contributed by atoms with Crippen molar-refractivity contribution in [3.05, 3.63) is 0 Å². The van der Waals surface area contributed by atoms with Crippen molar-refractivity contribution in [3.63, 3.8) is 0 Å². The lowest BCUT2D eigenvalue weighted by atomic mass is 10.0. The first-order valence-electron chi connectivity index (χ1n) is 5.99. The summed E-state index contributed by atoms with van der Waals surface area (Å²) in [7, 11) is 0. The molecule has 0 aromatic carbocycles.